The maximum Gasteiger partial charge on any atom is 0.122 e. The minimum atomic E-state index is 0.562. The Balaban J connectivity index is 1.87. The zero-order valence-corrected chi connectivity index (χ0v) is 12.7. The lowest BCUT2D eigenvalue weighted by molar-refractivity contribution is 0.104. The van der Waals surface area contributed by atoms with Crippen LogP contribution in [0.25, 0.3) is 0 Å². The Hall–Kier alpha value is -0.800. The first-order valence-electron chi connectivity index (χ1n) is 7.65. The second-order valence-corrected chi connectivity index (χ2v) is 6.09. The van der Waals surface area contributed by atoms with Crippen molar-refractivity contribution in [1.29, 1.82) is 0 Å². The van der Waals surface area contributed by atoms with E-state index in [9.17, 15) is 0 Å². The molecule has 1 aliphatic heterocycles. The van der Waals surface area contributed by atoms with E-state index in [0.29, 0.717) is 5.41 Å². The first-order chi connectivity index (χ1) is 9.17. The van der Waals surface area contributed by atoms with E-state index in [1.165, 1.54) is 37.9 Å². The van der Waals surface area contributed by atoms with E-state index < -0.39 is 0 Å². The van der Waals surface area contributed by atoms with Gasteiger partial charge in [0.1, 0.15) is 5.76 Å². The van der Waals surface area contributed by atoms with Crippen LogP contribution in [0, 0.1) is 5.41 Å². The summed E-state index contributed by atoms with van der Waals surface area (Å²) in [4.78, 5) is 2.53. The number of furan rings is 1. The van der Waals surface area contributed by atoms with Gasteiger partial charge in [-0.1, -0.05) is 27.2 Å². The highest BCUT2D eigenvalue weighted by atomic mass is 16.3. The zero-order chi connectivity index (χ0) is 13.7. The predicted molar refractivity (Wildman–Crippen MR) is 79.0 cm³/mol. The van der Waals surface area contributed by atoms with Crippen LogP contribution in [-0.4, -0.2) is 24.5 Å². The maximum atomic E-state index is 5.66. The summed E-state index contributed by atoms with van der Waals surface area (Å²) in [5.41, 5.74) is 1.87. The van der Waals surface area contributed by atoms with Gasteiger partial charge in [0.15, 0.2) is 0 Å². The average Bonchev–Trinajstić information content (AvgIpc) is 2.86. The molecular formula is C16H28N2O. The van der Waals surface area contributed by atoms with Gasteiger partial charge in [-0.2, -0.15) is 0 Å². The molecule has 0 aromatic carbocycles. The lowest BCUT2D eigenvalue weighted by atomic mass is 9.78. The number of piperidine rings is 1. The largest absolute Gasteiger partial charge is 0.468 e. The van der Waals surface area contributed by atoms with E-state index in [-0.39, 0.29) is 0 Å². The number of hydrogen-bond donors (Lipinski definition) is 1. The van der Waals surface area contributed by atoms with Gasteiger partial charge in [-0.25, -0.2) is 0 Å². The molecular weight excluding hydrogens is 236 g/mol. The van der Waals surface area contributed by atoms with Gasteiger partial charge in [-0.05, 0) is 44.0 Å². The smallest absolute Gasteiger partial charge is 0.122 e. The summed E-state index contributed by atoms with van der Waals surface area (Å²) in [7, 11) is 0. The topological polar surface area (TPSA) is 28.4 Å². The molecule has 0 amide bonds. The molecule has 1 aromatic rings. The van der Waals surface area contributed by atoms with Crippen LogP contribution in [0.2, 0.25) is 0 Å². The van der Waals surface area contributed by atoms with E-state index >= 15 is 0 Å². The molecule has 0 aliphatic carbocycles. The summed E-state index contributed by atoms with van der Waals surface area (Å²) in [5, 5.41) is 3.37. The van der Waals surface area contributed by atoms with Gasteiger partial charge in [0, 0.05) is 12.1 Å². The third-order valence-electron chi connectivity index (χ3n) is 4.69. The molecule has 3 nitrogen and oxygen atoms in total. The molecule has 1 aromatic heterocycles. The summed E-state index contributed by atoms with van der Waals surface area (Å²) in [6.07, 6.45) is 5.74. The minimum absolute atomic E-state index is 0.562. The Morgan fingerprint density at radius 3 is 2.68 bits per heavy atom. The van der Waals surface area contributed by atoms with E-state index in [1.54, 1.807) is 0 Å². The zero-order valence-electron chi connectivity index (χ0n) is 12.7. The summed E-state index contributed by atoms with van der Waals surface area (Å²) in [5.74, 6) is 1.14. The molecule has 0 spiro atoms. The van der Waals surface area contributed by atoms with E-state index in [1.807, 2.05) is 6.26 Å². The summed E-state index contributed by atoms with van der Waals surface area (Å²) < 4.78 is 5.66. The predicted octanol–water partition coefficient (Wildman–Crippen LogP) is 3.40. The highest BCUT2D eigenvalue weighted by Crippen LogP contribution is 2.34. The molecule has 108 valence electrons. The first kappa shape index (κ1) is 14.6. The van der Waals surface area contributed by atoms with Crippen LogP contribution in [0.5, 0.6) is 0 Å². The van der Waals surface area contributed by atoms with Crippen LogP contribution in [-0.2, 0) is 13.1 Å². The number of rotatable bonds is 6. The lowest BCUT2D eigenvalue weighted by Crippen LogP contribution is -2.38. The van der Waals surface area contributed by atoms with Gasteiger partial charge in [0.2, 0.25) is 0 Å². The van der Waals surface area contributed by atoms with Gasteiger partial charge in [-0.3, -0.25) is 4.90 Å². The molecule has 19 heavy (non-hydrogen) atoms. The molecule has 0 bridgehead atoms. The Bertz CT molecular complexity index is 378. The van der Waals surface area contributed by atoms with E-state index in [4.69, 9.17) is 4.42 Å². The van der Waals surface area contributed by atoms with Crippen molar-refractivity contribution in [2.75, 3.05) is 19.6 Å². The highest BCUT2D eigenvalue weighted by Gasteiger charge is 2.28. The molecule has 0 radical (unpaired) electrons. The molecule has 1 fully saturated rings. The first-order valence-corrected chi connectivity index (χ1v) is 7.65. The average molecular weight is 264 g/mol. The molecule has 1 aliphatic rings. The monoisotopic (exact) mass is 264 g/mol. The molecule has 0 saturated carbocycles. The van der Waals surface area contributed by atoms with Crippen LogP contribution in [0.3, 0.4) is 0 Å². The van der Waals surface area contributed by atoms with Crippen LogP contribution >= 0.6 is 0 Å². The summed E-state index contributed by atoms with van der Waals surface area (Å²) in [6, 6.07) is 2.10. The van der Waals surface area contributed by atoms with Crippen molar-refractivity contribution >= 4 is 0 Å². The van der Waals surface area contributed by atoms with Gasteiger partial charge in [0.25, 0.3) is 0 Å². The number of nitrogens with one attached hydrogen (secondary N) is 1. The second kappa shape index (κ2) is 6.58. The second-order valence-electron chi connectivity index (χ2n) is 6.09. The van der Waals surface area contributed by atoms with Crippen molar-refractivity contribution < 1.29 is 4.42 Å². The molecule has 0 unspecified atom stereocenters. The van der Waals surface area contributed by atoms with Crippen molar-refractivity contribution in [2.45, 2.75) is 53.1 Å². The van der Waals surface area contributed by atoms with E-state index in [0.717, 1.165) is 25.4 Å². The molecule has 0 atom stereocenters. The normalized spacial score (nSPS) is 19.7. The van der Waals surface area contributed by atoms with Crippen molar-refractivity contribution in [3.05, 3.63) is 23.7 Å². The third kappa shape index (κ3) is 3.83. The SMILES string of the molecule is CCNCc1ccoc1CN1CCC(C)(CC)CC1. The quantitative estimate of drug-likeness (QED) is 0.853. The highest BCUT2D eigenvalue weighted by molar-refractivity contribution is 5.16. The Morgan fingerprint density at radius 1 is 1.32 bits per heavy atom. The van der Waals surface area contributed by atoms with Gasteiger partial charge in [-0.15, -0.1) is 0 Å². The van der Waals surface area contributed by atoms with Crippen molar-refractivity contribution in [2.24, 2.45) is 5.41 Å². The molecule has 1 saturated heterocycles. The molecule has 2 rings (SSSR count). The number of likely N-dealkylation sites (tertiary alicyclic amines) is 1. The van der Waals surface area contributed by atoms with Crippen molar-refractivity contribution in [3.8, 4) is 0 Å². The van der Waals surface area contributed by atoms with Crippen molar-refractivity contribution in [1.82, 2.24) is 10.2 Å². The summed E-state index contributed by atoms with van der Waals surface area (Å²) >= 11 is 0. The van der Waals surface area contributed by atoms with Crippen LogP contribution in [0.1, 0.15) is 51.4 Å². The van der Waals surface area contributed by atoms with Crippen LogP contribution in [0.4, 0.5) is 0 Å². The summed E-state index contributed by atoms with van der Waals surface area (Å²) in [6.45, 7) is 12.2. The standard InChI is InChI=1S/C16H28N2O/c1-4-16(3)7-9-18(10-8-16)13-15-14(6-11-19-15)12-17-5-2/h6,11,17H,4-5,7-10,12-13H2,1-3H3. The fraction of sp³-hybridized carbons (Fsp3) is 0.750. The maximum absolute atomic E-state index is 5.66. The lowest BCUT2D eigenvalue weighted by Gasteiger charge is -2.38. The minimum Gasteiger partial charge on any atom is -0.468 e. The van der Waals surface area contributed by atoms with Crippen LogP contribution in [0.15, 0.2) is 16.7 Å². The fourth-order valence-corrected chi connectivity index (χ4v) is 2.73. The van der Waals surface area contributed by atoms with Gasteiger partial charge < -0.3 is 9.73 Å². The number of hydrogen-bond acceptors (Lipinski definition) is 3. The Labute approximate surface area is 117 Å². The Kier molecular flexibility index (Phi) is 5.06. The van der Waals surface area contributed by atoms with Crippen LogP contribution < -0.4 is 5.32 Å². The van der Waals surface area contributed by atoms with Crippen molar-refractivity contribution in [3.63, 3.8) is 0 Å². The van der Waals surface area contributed by atoms with E-state index in [2.05, 4.69) is 37.1 Å². The van der Waals surface area contributed by atoms with Gasteiger partial charge in [0.05, 0.1) is 12.8 Å². The molecule has 2 heterocycles. The molecule has 3 heteroatoms. The van der Waals surface area contributed by atoms with Gasteiger partial charge >= 0.3 is 0 Å². The number of nitrogens with zero attached hydrogens (tertiary/aromatic N) is 1. The fourth-order valence-electron chi connectivity index (χ4n) is 2.73. The molecule has 1 N–H and O–H groups in total. The third-order valence-corrected chi connectivity index (χ3v) is 4.69. The Morgan fingerprint density at radius 2 is 2.05 bits per heavy atom.